The Labute approximate surface area is 144 Å². The molecule has 3 rings (SSSR count). The quantitative estimate of drug-likeness (QED) is 0.770. The standard InChI is InChI=1S/C18H19FN4O2/c1-11(2)23-17-13(9-21-23)8-15(10-20-17)22-18(24)12(3)25-16-6-4-14(19)5-7-16/h4-12H,1-3H3,(H,22,24). The minimum atomic E-state index is -0.737. The predicted octanol–water partition coefficient (Wildman–Crippen LogP) is 3.56. The monoisotopic (exact) mass is 342 g/mol. The smallest absolute Gasteiger partial charge is 0.265 e. The third-order valence-corrected chi connectivity index (χ3v) is 3.69. The summed E-state index contributed by atoms with van der Waals surface area (Å²) in [5, 5.41) is 7.91. The molecule has 0 aliphatic carbocycles. The van der Waals surface area contributed by atoms with Gasteiger partial charge in [-0.05, 0) is 51.1 Å². The number of amides is 1. The highest BCUT2D eigenvalue weighted by molar-refractivity contribution is 5.95. The van der Waals surface area contributed by atoms with E-state index in [9.17, 15) is 9.18 Å². The van der Waals surface area contributed by atoms with Crippen LogP contribution in [0.25, 0.3) is 11.0 Å². The molecule has 0 spiro atoms. The van der Waals surface area contributed by atoms with Gasteiger partial charge < -0.3 is 10.1 Å². The third-order valence-electron chi connectivity index (χ3n) is 3.69. The number of anilines is 1. The topological polar surface area (TPSA) is 69.0 Å². The molecule has 1 N–H and O–H groups in total. The molecule has 1 unspecified atom stereocenters. The van der Waals surface area contributed by atoms with Crippen LogP contribution in [0.2, 0.25) is 0 Å². The highest BCUT2D eigenvalue weighted by atomic mass is 19.1. The number of hydrogen-bond donors (Lipinski definition) is 1. The van der Waals surface area contributed by atoms with Gasteiger partial charge in [-0.2, -0.15) is 5.10 Å². The van der Waals surface area contributed by atoms with Crippen LogP contribution in [-0.2, 0) is 4.79 Å². The van der Waals surface area contributed by atoms with Crippen molar-refractivity contribution in [3.63, 3.8) is 0 Å². The molecular weight excluding hydrogens is 323 g/mol. The van der Waals surface area contributed by atoms with Gasteiger partial charge in [0.25, 0.3) is 5.91 Å². The van der Waals surface area contributed by atoms with Crippen molar-refractivity contribution in [1.82, 2.24) is 14.8 Å². The first-order valence-corrected chi connectivity index (χ1v) is 8.00. The highest BCUT2D eigenvalue weighted by Crippen LogP contribution is 2.19. The average Bonchev–Trinajstić information content (AvgIpc) is 3.00. The molecule has 0 radical (unpaired) electrons. The number of nitrogens with one attached hydrogen (secondary N) is 1. The summed E-state index contributed by atoms with van der Waals surface area (Å²) in [7, 11) is 0. The summed E-state index contributed by atoms with van der Waals surface area (Å²) in [6, 6.07) is 7.54. The maximum atomic E-state index is 12.9. The van der Waals surface area contributed by atoms with Crippen molar-refractivity contribution in [1.29, 1.82) is 0 Å². The zero-order valence-electron chi connectivity index (χ0n) is 14.2. The van der Waals surface area contributed by atoms with Gasteiger partial charge in [0.1, 0.15) is 11.6 Å². The van der Waals surface area contributed by atoms with Crippen molar-refractivity contribution >= 4 is 22.6 Å². The third kappa shape index (κ3) is 3.76. The summed E-state index contributed by atoms with van der Waals surface area (Å²) in [5.41, 5.74) is 1.33. The maximum absolute atomic E-state index is 12.9. The number of nitrogens with zero attached hydrogens (tertiary/aromatic N) is 3. The van der Waals surface area contributed by atoms with Crippen LogP contribution in [-0.4, -0.2) is 26.8 Å². The number of carbonyl (C=O) groups excluding carboxylic acids is 1. The number of benzene rings is 1. The summed E-state index contributed by atoms with van der Waals surface area (Å²) < 4.78 is 20.2. The second kappa shape index (κ2) is 6.88. The number of halogens is 1. The van der Waals surface area contributed by atoms with Crippen LogP contribution >= 0.6 is 0 Å². The number of pyridine rings is 1. The largest absolute Gasteiger partial charge is 0.481 e. The van der Waals surface area contributed by atoms with Crippen LogP contribution in [0.1, 0.15) is 26.8 Å². The number of carbonyl (C=O) groups is 1. The maximum Gasteiger partial charge on any atom is 0.265 e. The van der Waals surface area contributed by atoms with Crippen LogP contribution in [0.3, 0.4) is 0 Å². The van der Waals surface area contributed by atoms with Gasteiger partial charge in [-0.15, -0.1) is 0 Å². The first kappa shape index (κ1) is 16.9. The molecular formula is C18H19FN4O2. The Kier molecular flexibility index (Phi) is 4.65. The lowest BCUT2D eigenvalue weighted by Gasteiger charge is -2.14. The summed E-state index contributed by atoms with van der Waals surface area (Å²) in [6.07, 6.45) is 2.57. The summed E-state index contributed by atoms with van der Waals surface area (Å²) >= 11 is 0. The number of aromatic nitrogens is 3. The van der Waals surface area contributed by atoms with Crippen LogP contribution < -0.4 is 10.1 Å². The van der Waals surface area contributed by atoms with E-state index in [0.717, 1.165) is 11.0 Å². The lowest BCUT2D eigenvalue weighted by atomic mass is 10.3. The van der Waals surface area contributed by atoms with Crippen molar-refractivity contribution in [2.45, 2.75) is 32.9 Å². The van der Waals surface area contributed by atoms with Gasteiger partial charge in [0.15, 0.2) is 11.8 Å². The Hall–Kier alpha value is -2.96. The fourth-order valence-corrected chi connectivity index (χ4v) is 2.40. The van der Waals surface area contributed by atoms with Gasteiger partial charge in [0.05, 0.1) is 18.1 Å². The Balaban J connectivity index is 1.69. The second-order valence-electron chi connectivity index (χ2n) is 6.02. The van der Waals surface area contributed by atoms with Crippen molar-refractivity contribution in [3.8, 4) is 5.75 Å². The average molecular weight is 342 g/mol. The summed E-state index contributed by atoms with van der Waals surface area (Å²) in [5.74, 6) is -0.247. The van der Waals surface area contributed by atoms with Gasteiger partial charge in [-0.3, -0.25) is 4.79 Å². The van der Waals surface area contributed by atoms with E-state index in [1.165, 1.54) is 24.3 Å². The fraction of sp³-hybridized carbons (Fsp3) is 0.278. The van der Waals surface area contributed by atoms with Gasteiger partial charge in [0.2, 0.25) is 0 Å². The normalized spacial score (nSPS) is 12.4. The second-order valence-corrected chi connectivity index (χ2v) is 6.02. The first-order chi connectivity index (χ1) is 11.9. The summed E-state index contributed by atoms with van der Waals surface area (Å²) in [6.45, 7) is 5.68. The molecule has 25 heavy (non-hydrogen) atoms. The molecule has 1 amide bonds. The number of hydrogen-bond acceptors (Lipinski definition) is 4. The van der Waals surface area contributed by atoms with Crippen LogP contribution in [0, 0.1) is 5.82 Å². The first-order valence-electron chi connectivity index (χ1n) is 8.00. The van der Waals surface area contributed by atoms with Crippen LogP contribution in [0.15, 0.2) is 42.7 Å². The Morgan fingerprint density at radius 3 is 2.60 bits per heavy atom. The van der Waals surface area contributed by atoms with E-state index >= 15 is 0 Å². The van der Waals surface area contributed by atoms with Gasteiger partial charge >= 0.3 is 0 Å². The molecule has 2 heterocycles. The molecule has 130 valence electrons. The lowest BCUT2D eigenvalue weighted by molar-refractivity contribution is -0.122. The molecule has 6 nitrogen and oxygen atoms in total. The molecule has 0 aliphatic heterocycles. The molecule has 7 heteroatoms. The highest BCUT2D eigenvalue weighted by Gasteiger charge is 2.16. The van der Waals surface area contributed by atoms with Crippen molar-refractivity contribution in [2.24, 2.45) is 0 Å². The van der Waals surface area contributed by atoms with Gasteiger partial charge in [-0.25, -0.2) is 14.1 Å². The number of rotatable bonds is 5. The lowest BCUT2D eigenvalue weighted by Crippen LogP contribution is -2.30. The van der Waals surface area contributed by atoms with E-state index in [2.05, 4.69) is 15.4 Å². The van der Waals surface area contributed by atoms with E-state index in [4.69, 9.17) is 4.74 Å². The number of fused-ring (bicyclic) bond motifs is 1. The van der Waals surface area contributed by atoms with Crippen LogP contribution in [0.4, 0.5) is 10.1 Å². The van der Waals surface area contributed by atoms with Crippen molar-refractivity contribution < 1.29 is 13.9 Å². The number of ether oxygens (including phenoxy) is 1. The molecule has 0 aliphatic rings. The van der Waals surface area contributed by atoms with Crippen LogP contribution in [0.5, 0.6) is 5.75 Å². The Bertz CT molecular complexity index is 890. The fourth-order valence-electron chi connectivity index (χ4n) is 2.40. The van der Waals surface area contributed by atoms with Crippen molar-refractivity contribution in [2.75, 3.05) is 5.32 Å². The van der Waals surface area contributed by atoms with E-state index in [1.54, 1.807) is 19.3 Å². The molecule has 2 aromatic heterocycles. The molecule has 3 aromatic rings. The molecule has 1 atom stereocenters. The van der Waals surface area contributed by atoms with E-state index in [0.29, 0.717) is 11.4 Å². The van der Waals surface area contributed by atoms with E-state index in [-0.39, 0.29) is 17.8 Å². The SMILES string of the molecule is CC(Oc1ccc(F)cc1)C(=O)Nc1cnc2c(cnn2C(C)C)c1. The zero-order valence-corrected chi connectivity index (χ0v) is 14.2. The molecule has 0 bridgehead atoms. The summed E-state index contributed by atoms with van der Waals surface area (Å²) in [4.78, 5) is 16.6. The van der Waals surface area contributed by atoms with E-state index in [1.807, 2.05) is 24.6 Å². The Morgan fingerprint density at radius 2 is 1.92 bits per heavy atom. The predicted molar refractivity (Wildman–Crippen MR) is 93.0 cm³/mol. The Morgan fingerprint density at radius 1 is 1.20 bits per heavy atom. The molecule has 0 fully saturated rings. The minimum Gasteiger partial charge on any atom is -0.481 e. The van der Waals surface area contributed by atoms with E-state index < -0.39 is 6.10 Å². The minimum absolute atomic E-state index is 0.203. The zero-order chi connectivity index (χ0) is 18.0. The van der Waals surface area contributed by atoms with Gasteiger partial charge in [0, 0.05) is 11.4 Å². The molecule has 1 aromatic carbocycles. The van der Waals surface area contributed by atoms with Gasteiger partial charge in [-0.1, -0.05) is 0 Å². The van der Waals surface area contributed by atoms with Crippen molar-refractivity contribution in [3.05, 3.63) is 48.5 Å². The molecule has 0 saturated carbocycles. The molecule has 0 saturated heterocycles.